The summed E-state index contributed by atoms with van der Waals surface area (Å²) in [6.07, 6.45) is 2.08. The van der Waals surface area contributed by atoms with Gasteiger partial charge in [-0.05, 0) is 37.0 Å². The van der Waals surface area contributed by atoms with Crippen LogP contribution in [0, 0.1) is 0 Å². The average molecular weight is 296 g/mol. The molecule has 0 aromatic heterocycles. The zero-order valence-electron chi connectivity index (χ0n) is 11.3. The Morgan fingerprint density at radius 1 is 1.30 bits per heavy atom. The van der Waals surface area contributed by atoms with Gasteiger partial charge in [-0.15, -0.1) is 0 Å². The Morgan fingerprint density at radius 2 is 2.00 bits per heavy atom. The van der Waals surface area contributed by atoms with E-state index in [0.717, 1.165) is 5.56 Å². The Bertz CT molecular complexity index is 570. The number of nitrogen functional groups attached to an aromatic ring is 1. The van der Waals surface area contributed by atoms with E-state index in [9.17, 15) is 13.2 Å². The lowest BCUT2D eigenvalue weighted by Crippen LogP contribution is -2.40. The van der Waals surface area contributed by atoms with E-state index < -0.39 is 9.84 Å². The fourth-order valence-corrected chi connectivity index (χ4v) is 3.83. The maximum absolute atomic E-state index is 11.8. The largest absolute Gasteiger partial charge is 0.399 e. The zero-order valence-corrected chi connectivity index (χ0v) is 12.2. The van der Waals surface area contributed by atoms with Gasteiger partial charge in [0, 0.05) is 18.2 Å². The van der Waals surface area contributed by atoms with Crippen LogP contribution >= 0.6 is 0 Å². The third-order valence-electron chi connectivity index (χ3n) is 3.51. The molecule has 0 aliphatic carbocycles. The smallest absolute Gasteiger partial charge is 0.220 e. The minimum absolute atomic E-state index is 0.00753. The van der Waals surface area contributed by atoms with Crippen LogP contribution in [0.15, 0.2) is 24.3 Å². The van der Waals surface area contributed by atoms with Crippen LogP contribution in [0.5, 0.6) is 0 Å². The van der Waals surface area contributed by atoms with E-state index in [-0.39, 0.29) is 23.5 Å². The molecule has 1 fully saturated rings. The zero-order chi connectivity index (χ0) is 14.6. The maximum Gasteiger partial charge on any atom is 0.220 e. The highest BCUT2D eigenvalue weighted by Crippen LogP contribution is 2.13. The van der Waals surface area contributed by atoms with Crippen molar-refractivity contribution in [3.8, 4) is 0 Å². The molecule has 20 heavy (non-hydrogen) atoms. The molecule has 110 valence electrons. The summed E-state index contributed by atoms with van der Waals surface area (Å²) in [5.41, 5.74) is 7.41. The summed E-state index contributed by atoms with van der Waals surface area (Å²) in [7, 11) is -2.88. The number of rotatable bonds is 4. The molecule has 1 saturated heterocycles. The predicted octanol–water partition coefficient (Wildman–Crippen LogP) is 0.895. The second kappa shape index (κ2) is 6.26. The van der Waals surface area contributed by atoms with Crippen molar-refractivity contribution in [2.75, 3.05) is 17.2 Å². The Hall–Kier alpha value is -1.56. The van der Waals surface area contributed by atoms with Crippen molar-refractivity contribution < 1.29 is 13.2 Å². The highest BCUT2D eigenvalue weighted by molar-refractivity contribution is 7.91. The molecule has 0 unspecified atom stereocenters. The van der Waals surface area contributed by atoms with Crippen LogP contribution < -0.4 is 11.1 Å². The lowest BCUT2D eigenvalue weighted by atomic mass is 10.1. The van der Waals surface area contributed by atoms with Gasteiger partial charge >= 0.3 is 0 Å². The van der Waals surface area contributed by atoms with Crippen molar-refractivity contribution in [3.05, 3.63) is 29.8 Å². The minimum Gasteiger partial charge on any atom is -0.399 e. The molecule has 0 radical (unpaired) electrons. The summed E-state index contributed by atoms with van der Waals surface area (Å²) < 4.78 is 22.6. The molecule has 1 aromatic carbocycles. The second-order valence-corrected chi connectivity index (χ2v) is 7.54. The number of sulfone groups is 1. The van der Waals surface area contributed by atoms with Crippen LogP contribution in [0.3, 0.4) is 0 Å². The van der Waals surface area contributed by atoms with Crippen molar-refractivity contribution in [1.82, 2.24) is 5.32 Å². The molecule has 5 nitrogen and oxygen atoms in total. The van der Waals surface area contributed by atoms with Gasteiger partial charge in [-0.3, -0.25) is 4.79 Å². The molecule has 0 saturated carbocycles. The van der Waals surface area contributed by atoms with Crippen LogP contribution in [0.1, 0.15) is 24.8 Å². The maximum atomic E-state index is 11.8. The monoisotopic (exact) mass is 296 g/mol. The number of aryl methyl sites for hydroxylation is 1. The summed E-state index contributed by atoms with van der Waals surface area (Å²) in [6.45, 7) is 0. The highest BCUT2D eigenvalue weighted by atomic mass is 32.2. The molecule has 6 heteroatoms. The van der Waals surface area contributed by atoms with Gasteiger partial charge in [-0.2, -0.15) is 0 Å². The molecule has 2 rings (SSSR count). The number of carbonyl (C=O) groups is 1. The first-order chi connectivity index (χ1) is 9.44. The number of benzene rings is 1. The molecule has 0 atom stereocenters. The van der Waals surface area contributed by atoms with E-state index >= 15 is 0 Å². The molecular formula is C14H20N2O3S. The molecule has 1 aromatic rings. The van der Waals surface area contributed by atoms with Crippen molar-refractivity contribution in [2.45, 2.75) is 31.7 Å². The minimum atomic E-state index is -2.88. The third-order valence-corrected chi connectivity index (χ3v) is 5.23. The topological polar surface area (TPSA) is 89.3 Å². The Labute approximate surface area is 119 Å². The van der Waals surface area contributed by atoms with E-state index in [2.05, 4.69) is 5.32 Å². The molecule has 3 N–H and O–H groups in total. The van der Waals surface area contributed by atoms with E-state index in [0.29, 0.717) is 31.4 Å². The summed E-state index contributed by atoms with van der Waals surface area (Å²) >= 11 is 0. The molecule has 0 spiro atoms. The van der Waals surface area contributed by atoms with Crippen molar-refractivity contribution in [2.24, 2.45) is 0 Å². The number of hydrogen-bond acceptors (Lipinski definition) is 4. The van der Waals surface area contributed by atoms with Gasteiger partial charge in [0.15, 0.2) is 0 Å². The van der Waals surface area contributed by atoms with Crippen molar-refractivity contribution in [1.29, 1.82) is 0 Å². The first-order valence-corrected chi connectivity index (χ1v) is 8.61. The molecular weight excluding hydrogens is 276 g/mol. The summed E-state index contributed by atoms with van der Waals surface area (Å²) in [5, 5.41) is 2.91. The second-order valence-electron chi connectivity index (χ2n) is 5.24. The van der Waals surface area contributed by atoms with Gasteiger partial charge < -0.3 is 11.1 Å². The van der Waals surface area contributed by atoms with Crippen LogP contribution in [0.4, 0.5) is 5.69 Å². The normalized spacial score (nSPS) is 18.6. The number of anilines is 1. The predicted molar refractivity (Wildman–Crippen MR) is 79.0 cm³/mol. The highest BCUT2D eigenvalue weighted by Gasteiger charge is 2.24. The SMILES string of the molecule is Nc1cccc(CCC(=O)NC2CCS(=O)(=O)CC2)c1. The molecule has 1 amide bonds. The number of nitrogens with two attached hydrogens (primary N) is 1. The van der Waals surface area contributed by atoms with Gasteiger partial charge in [-0.1, -0.05) is 12.1 Å². The fraction of sp³-hybridized carbons (Fsp3) is 0.500. The Balaban J connectivity index is 1.76. The van der Waals surface area contributed by atoms with Gasteiger partial charge in [0.25, 0.3) is 0 Å². The van der Waals surface area contributed by atoms with Crippen molar-refractivity contribution >= 4 is 21.4 Å². The van der Waals surface area contributed by atoms with E-state index in [4.69, 9.17) is 5.73 Å². The standard InChI is InChI=1S/C14H20N2O3S/c15-12-3-1-2-11(10-12)4-5-14(17)16-13-6-8-20(18,19)9-7-13/h1-3,10,13H,4-9,15H2,(H,16,17). The van der Waals surface area contributed by atoms with Crippen molar-refractivity contribution in [3.63, 3.8) is 0 Å². The fourth-order valence-electron chi connectivity index (χ4n) is 2.34. The molecule has 1 aliphatic heterocycles. The lowest BCUT2D eigenvalue weighted by molar-refractivity contribution is -0.121. The summed E-state index contributed by atoms with van der Waals surface area (Å²) in [6, 6.07) is 7.48. The summed E-state index contributed by atoms with van der Waals surface area (Å²) in [5.74, 6) is 0.317. The first-order valence-electron chi connectivity index (χ1n) is 6.79. The first kappa shape index (κ1) is 14.8. The van der Waals surface area contributed by atoms with E-state index in [1.54, 1.807) is 0 Å². The van der Waals surface area contributed by atoms with Crippen LogP contribution in [-0.4, -0.2) is 31.9 Å². The van der Waals surface area contributed by atoms with Crippen LogP contribution in [-0.2, 0) is 21.1 Å². The third kappa shape index (κ3) is 4.52. The average Bonchev–Trinajstić information content (AvgIpc) is 2.39. The van der Waals surface area contributed by atoms with E-state index in [1.807, 2.05) is 24.3 Å². The van der Waals surface area contributed by atoms with Gasteiger partial charge in [0.2, 0.25) is 5.91 Å². The molecule has 1 heterocycles. The van der Waals surface area contributed by atoms with Crippen LogP contribution in [0.2, 0.25) is 0 Å². The van der Waals surface area contributed by atoms with E-state index in [1.165, 1.54) is 0 Å². The van der Waals surface area contributed by atoms with Gasteiger partial charge in [0.05, 0.1) is 11.5 Å². The Morgan fingerprint density at radius 3 is 2.65 bits per heavy atom. The lowest BCUT2D eigenvalue weighted by Gasteiger charge is -2.23. The quantitative estimate of drug-likeness (QED) is 0.808. The number of carbonyl (C=O) groups excluding carboxylic acids is 1. The Kier molecular flexibility index (Phi) is 4.65. The van der Waals surface area contributed by atoms with Gasteiger partial charge in [-0.25, -0.2) is 8.42 Å². The molecule has 0 bridgehead atoms. The molecule has 1 aliphatic rings. The van der Waals surface area contributed by atoms with Crippen LogP contribution in [0.25, 0.3) is 0 Å². The number of nitrogens with one attached hydrogen (secondary N) is 1. The number of amides is 1. The number of hydrogen-bond donors (Lipinski definition) is 2. The van der Waals surface area contributed by atoms with Gasteiger partial charge in [0.1, 0.15) is 9.84 Å². The summed E-state index contributed by atoms with van der Waals surface area (Å²) in [4.78, 5) is 11.8.